The lowest BCUT2D eigenvalue weighted by molar-refractivity contribution is 0.592. The van der Waals surface area contributed by atoms with Crippen molar-refractivity contribution in [3.8, 4) is 0 Å². The van der Waals surface area contributed by atoms with Crippen molar-refractivity contribution in [3.05, 3.63) is 65.5 Å². The third-order valence-corrected chi connectivity index (χ3v) is 8.45. The van der Waals surface area contributed by atoms with E-state index in [0.717, 1.165) is 32.8 Å². The summed E-state index contributed by atoms with van der Waals surface area (Å²) in [6.07, 6.45) is 2.85. The van der Waals surface area contributed by atoms with Gasteiger partial charge in [0.05, 0.1) is 15.1 Å². The molecule has 0 atom stereocenters. The Balaban J connectivity index is 1.66. The molecule has 2 aromatic carbocycles. The summed E-state index contributed by atoms with van der Waals surface area (Å²) in [5.74, 6) is 0.570. The lowest BCUT2D eigenvalue weighted by Gasteiger charge is -2.09. The van der Waals surface area contributed by atoms with Crippen LogP contribution in [0.5, 0.6) is 0 Å². The first-order valence-corrected chi connectivity index (χ1v) is 13.5. The van der Waals surface area contributed by atoms with Gasteiger partial charge in [0.25, 0.3) is 0 Å². The number of nitrogens with zero attached hydrogens (tertiary/aromatic N) is 4. The second kappa shape index (κ2) is 8.19. The maximum absolute atomic E-state index is 13.4. The SMILES string of the molecule is CCc1ccc(S(=O)(=O)c2nnn3c2nc(Nc2cccc(SC)c2)c2sccc23)cc1. The van der Waals surface area contributed by atoms with Gasteiger partial charge in [-0.05, 0) is 60.0 Å². The van der Waals surface area contributed by atoms with E-state index in [9.17, 15) is 8.42 Å². The highest BCUT2D eigenvalue weighted by Gasteiger charge is 2.27. The molecule has 7 nitrogen and oxygen atoms in total. The number of aryl methyl sites for hydroxylation is 1. The van der Waals surface area contributed by atoms with Crippen molar-refractivity contribution in [2.45, 2.75) is 28.2 Å². The standard InChI is InChI=1S/C22H19N5O2S3/c1-3-14-7-9-17(10-8-14)32(28,29)22-21-24-20(23-15-5-4-6-16(13-15)30-2)19-18(11-12-31-19)27(21)26-25-22/h4-13H,3H2,1-2H3,(H,23,24). The fourth-order valence-electron chi connectivity index (χ4n) is 3.44. The number of hydrogen-bond acceptors (Lipinski definition) is 8. The number of thioether (sulfide) groups is 1. The predicted octanol–water partition coefficient (Wildman–Crippen LogP) is 5.20. The second-order valence-electron chi connectivity index (χ2n) is 7.08. The lowest BCUT2D eigenvalue weighted by atomic mass is 10.2. The first kappa shape index (κ1) is 20.9. The van der Waals surface area contributed by atoms with Crippen molar-refractivity contribution in [2.24, 2.45) is 0 Å². The molecule has 0 aliphatic heterocycles. The summed E-state index contributed by atoms with van der Waals surface area (Å²) in [5.41, 5.74) is 2.88. The van der Waals surface area contributed by atoms with Crippen LogP contribution in [0.3, 0.4) is 0 Å². The van der Waals surface area contributed by atoms with E-state index in [2.05, 4.69) is 20.6 Å². The minimum Gasteiger partial charge on any atom is -0.339 e. The molecular formula is C22H19N5O2S3. The number of aromatic nitrogens is 4. The Bertz CT molecular complexity index is 1540. The third-order valence-electron chi connectivity index (χ3n) is 5.15. The van der Waals surface area contributed by atoms with E-state index >= 15 is 0 Å². The lowest BCUT2D eigenvalue weighted by Crippen LogP contribution is -2.05. The van der Waals surface area contributed by atoms with Gasteiger partial charge in [-0.15, -0.1) is 28.2 Å². The molecule has 0 unspecified atom stereocenters. The van der Waals surface area contributed by atoms with Crippen LogP contribution in [0.2, 0.25) is 0 Å². The maximum atomic E-state index is 13.4. The maximum Gasteiger partial charge on any atom is 0.229 e. The topological polar surface area (TPSA) is 89.2 Å². The Morgan fingerprint density at radius 1 is 1.12 bits per heavy atom. The molecule has 0 spiro atoms. The summed E-state index contributed by atoms with van der Waals surface area (Å²) in [5, 5.41) is 13.3. The van der Waals surface area contributed by atoms with Gasteiger partial charge in [0.15, 0.2) is 11.5 Å². The molecule has 0 aliphatic rings. The summed E-state index contributed by atoms with van der Waals surface area (Å²) < 4.78 is 29.1. The smallest absolute Gasteiger partial charge is 0.229 e. The number of hydrogen-bond donors (Lipinski definition) is 1. The molecule has 0 fully saturated rings. The zero-order chi connectivity index (χ0) is 22.3. The highest BCUT2D eigenvalue weighted by atomic mass is 32.2. The van der Waals surface area contributed by atoms with Gasteiger partial charge in [-0.1, -0.05) is 30.3 Å². The Hall–Kier alpha value is -2.95. The van der Waals surface area contributed by atoms with Crippen LogP contribution in [0.15, 0.2) is 74.8 Å². The van der Waals surface area contributed by atoms with Crippen LogP contribution in [0.1, 0.15) is 12.5 Å². The van der Waals surface area contributed by atoms with Crippen LogP contribution < -0.4 is 5.32 Å². The number of fused-ring (bicyclic) bond motifs is 3. The quantitative estimate of drug-likeness (QED) is 0.333. The number of rotatable bonds is 6. The minimum atomic E-state index is -3.88. The molecule has 3 heterocycles. The van der Waals surface area contributed by atoms with E-state index in [1.54, 1.807) is 23.9 Å². The van der Waals surface area contributed by atoms with Gasteiger partial charge in [-0.3, -0.25) is 0 Å². The van der Waals surface area contributed by atoms with Crippen LogP contribution in [0, 0.1) is 0 Å². The van der Waals surface area contributed by atoms with E-state index in [1.165, 1.54) is 15.9 Å². The number of thiophene rings is 1. The van der Waals surface area contributed by atoms with Gasteiger partial charge in [0, 0.05) is 10.6 Å². The molecule has 32 heavy (non-hydrogen) atoms. The number of anilines is 2. The molecule has 1 N–H and O–H groups in total. The highest BCUT2D eigenvalue weighted by molar-refractivity contribution is 7.98. The van der Waals surface area contributed by atoms with Crippen LogP contribution in [0.25, 0.3) is 15.9 Å². The molecule has 162 valence electrons. The first-order chi connectivity index (χ1) is 15.5. The molecule has 0 amide bonds. The zero-order valence-electron chi connectivity index (χ0n) is 17.3. The van der Waals surface area contributed by atoms with Crippen LogP contribution in [0.4, 0.5) is 11.5 Å². The summed E-state index contributed by atoms with van der Waals surface area (Å²) in [6.45, 7) is 2.02. The van der Waals surface area contributed by atoms with Crippen molar-refractivity contribution in [1.82, 2.24) is 19.8 Å². The van der Waals surface area contributed by atoms with E-state index < -0.39 is 9.84 Å². The molecule has 0 radical (unpaired) electrons. The van der Waals surface area contributed by atoms with E-state index in [0.29, 0.717) is 5.82 Å². The fraction of sp³-hybridized carbons (Fsp3) is 0.136. The van der Waals surface area contributed by atoms with Crippen molar-refractivity contribution in [3.63, 3.8) is 0 Å². The van der Waals surface area contributed by atoms with Crippen molar-refractivity contribution < 1.29 is 8.42 Å². The van der Waals surface area contributed by atoms with Crippen LogP contribution in [-0.4, -0.2) is 34.5 Å². The van der Waals surface area contributed by atoms with E-state index in [4.69, 9.17) is 0 Å². The summed E-state index contributed by atoms with van der Waals surface area (Å²) >= 11 is 3.15. The van der Waals surface area contributed by atoms with Gasteiger partial charge in [0.1, 0.15) is 0 Å². The number of benzene rings is 2. The molecule has 0 bridgehead atoms. The molecule has 10 heteroatoms. The Morgan fingerprint density at radius 3 is 2.69 bits per heavy atom. The largest absolute Gasteiger partial charge is 0.339 e. The molecule has 3 aromatic heterocycles. The van der Waals surface area contributed by atoms with E-state index in [-0.39, 0.29) is 15.6 Å². The van der Waals surface area contributed by atoms with Gasteiger partial charge < -0.3 is 5.32 Å². The Kier molecular flexibility index (Phi) is 5.36. The van der Waals surface area contributed by atoms with E-state index in [1.807, 2.05) is 61.0 Å². The van der Waals surface area contributed by atoms with Gasteiger partial charge in [-0.2, -0.15) is 4.52 Å². The monoisotopic (exact) mass is 481 g/mol. The predicted molar refractivity (Wildman–Crippen MR) is 129 cm³/mol. The third kappa shape index (κ3) is 3.54. The average molecular weight is 482 g/mol. The molecular weight excluding hydrogens is 462 g/mol. The Labute approximate surface area is 193 Å². The summed E-state index contributed by atoms with van der Waals surface area (Å²) in [6, 6.07) is 16.7. The van der Waals surface area contributed by atoms with Crippen molar-refractivity contribution >= 4 is 60.3 Å². The average Bonchev–Trinajstić information content (AvgIpc) is 3.47. The van der Waals surface area contributed by atoms with Crippen molar-refractivity contribution in [2.75, 3.05) is 11.6 Å². The number of sulfone groups is 1. The summed E-state index contributed by atoms with van der Waals surface area (Å²) in [7, 11) is -3.88. The van der Waals surface area contributed by atoms with Crippen molar-refractivity contribution in [1.29, 1.82) is 0 Å². The molecule has 0 aliphatic carbocycles. The fourth-order valence-corrected chi connectivity index (χ4v) is 5.95. The number of nitrogens with one attached hydrogen (secondary N) is 1. The van der Waals surface area contributed by atoms with Crippen LogP contribution >= 0.6 is 23.1 Å². The van der Waals surface area contributed by atoms with Gasteiger partial charge in [0.2, 0.25) is 14.9 Å². The van der Waals surface area contributed by atoms with Crippen LogP contribution in [-0.2, 0) is 16.3 Å². The normalized spacial score (nSPS) is 11.9. The Morgan fingerprint density at radius 2 is 1.94 bits per heavy atom. The second-order valence-corrected chi connectivity index (χ2v) is 10.7. The molecule has 0 saturated heterocycles. The summed E-state index contributed by atoms with van der Waals surface area (Å²) in [4.78, 5) is 5.95. The van der Waals surface area contributed by atoms with Gasteiger partial charge >= 0.3 is 0 Å². The first-order valence-electron chi connectivity index (χ1n) is 9.89. The zero-order valence-corrected chi connectivity index (χ0v) is 19.8. The highest BCUT2D eigenvalue weighted by Crippen LogP contribution is 2.33. The van der Waals surface area contributed by atoms with Gasteiger partial charge in [-0.25, -0.2) is 13.4 Å². The molecule has 5 aromatic rings. The minimum absolute atomic E-state index is 0.157. The molecule has 0 saturated carbocycles. The molecule has 5 rings (SSSR count).